The lowest BCUT2D eigenvalue weighted by molar-refractivity contribution is 0.751. The molecule has 2 rings (SSSR count). The van der Waals surface area contributed by atoms with Crippen molar-refractivity contribution in [1.29, 1.82) is 0 Å². The van der Waals surface area contributed by atoms with E-state index in [1.165, 1.54) is 25.0 Å². The van der Waals surface area contributed by atoms with E-state index >= 15 is 0 Å². The van der Waals surface area contributed by atoms with E-state index in [1.807, 2.05) is 11.8 Å². The third-order valence-corrected chi connectivity index (χ3v) is 4.97. The first-order chi connectivity index (χ1) is 9.13. The van der Waals surface area contributed by atoms with Gasteiger partial charge in [-0.05, 0) is 24.5 Å². The predicted molar refractivity (Wildman–Crippen MR) is 83.7 cm³/mol. The molecule has 3 N–H and O–H groups in total. The van der Waals surface area contributed by atoms with E-state index in [4.69, 9.17) is 5.73 Å². The summed E-state index contributed by atoms with van der Waals surface area (Å²) in [6, 6.07) is 0.511. The van der Waals surface area contributed by atoms with Crippen molar-refractivity contribution in [2.24, 2.45) is 0 Å². The molecule has 1 aliphatic rings. The van der Waals surface area contributed by atoms with Crippen LogP contribution in [0.1, 0.15) is 51.5 Å². The summed E-state index contributed by atoms with van der Waals surface area (Å²) in [5, 5.41) is 4.31. The molecule has 1 fully saturated rings. The fourth-order valence-electron chi connectivity index (χ4n) is 2.77. The quantitative estimate of drug-likeness (QED) is 0.866. The van der Waals surface area contributed by atoms with Crippen LogP contribution in [-0.2, 0) is 0 Å². The van der Waals surface area contributed by atoms with Gasteiger partial charge < -0.3 is 11.1 Å². The summed E-state index contributed by atoms with van der Waals surface area (Å²) in [5.41, 5.74) is 7.04. The lowest BCUT2D eigenvalue weighted by atomic mass is 10.0. The predicted octanol–water partition coefficient (Wildman–Crippen LogP) is 3.27. The van der Waals surface area contributed by atoms with Gasteiger partial charge in [0.15, 0.2) is 0 Å². The number of thioether (sulfide) groups is 1. The van der Waals surface area contributed by atoms with Crippen molar-refractivity contribution in [3.05, 3.63) is 11.9 Å². The number of aromatic nitrogens is 2. The van der Waals surface area contributed by atoms with Crippen LogP contribution < -0.4 is 11.1 Å². The molecule has 1 aromatic heterocycles. The number of rotatable bonds is 5. The van der Waals surface area contributed by atoms with Crippen LogP contribution >= 0.6 is 11.8 Å². The SMILES string of the molecule is CCSC1CCCC1Nc1ncnc(N)c1C(C)C. The van der Waals surface area contributed by atoms with E-state index in [0.29, 0.717) is 23.0 Å². The normalized spacial score (nSPS) is 22.9. The van der Waals surface area contributed by atoms with Crippen LogP contribution in [0.5, 0.6) is 0 Å². The molecule has 1 aliphatic carbocycles. The first-order valence-corrected chi connectivity index (χ1v) is 8.16. The van der Waals surface area contributed by atoms with Crippen LogP contribution in [0.4, 0.5) is 11.6 Å². The van der Waals surface area contributed by atoms with Crippen LogP contribution in [0, 0.1) is 0 Å². The van der Waals surface area contributed by atoms with Gasteiger partial charge in [-0.1, -0.05) is 27.2 Å². The maximum absolute atomic E-state index is 5.99. The van der Waals surface area contributed by atoms with Gasteiger partial charge in [0, 0.05) is 16.9 Å². The highest BCUT2D eigenvalue weighted by Gasteiger charge is 2.28. The molecule has 0 radical (unpaired) electrons. The Bertz CT molecular complexity index is 422. The van der Waals surface area contributed by atoms with Crippen molar-refractivity contribution in [2.75, 3.05) is 16.8 Å². The van der Waals surface area contributed by atoms with Crippen molar-refractivity contribution in [3.8, 4) is 0 Å². The Morgan fingerprint density at radius 3 is 2.89 bits per heavy atom. The molecule has 2 unspecified atom stereocenters. The number of nitrogens with two attached hydrogens (primary N) is 1. The zero-order valence-electron chi connectivity index (χ0n) is 12.0. The molecule has 2 atom stereocenters. The molecule has 4 nitrogen and oxygen atoms in total. The number of anilines is 2. The van der Waals surface area contributed by atoms with Gasteiger partial charge >= 0.3 is 0 Å². The monoisotopic (exact) mass is 280 g/mol. The summed E-state index contributed by atoms with van der Waals surface area (Å²) < 4.78 is 0. The Balaban J connectivity index is 2.16. The summed E-state index contributed by atoms with van der Waals surface area (Å²) >= 11 is 2.05. The zero-order valence-corrected chi connectivity index (χ0v) is 12.8. The van der Waals surface area contributed by atoms with Crippen LogP contribution in [0.25, 0.3) is 0 Å². The van der Waals surface area contributed by atoms with Crippen molar-refractivity contribution < 1.29 is 0 Å². The molecule has 106 valence electrons. The Hall–Kier alpha value is -0.970. The van der Waals surface area contributed by atoms with Gasteiger partial charge in [-0.15, -0.1) is 0 Å². The molecule has 0 saturated heterocycles. The largest absolute Gasteiger partial charge is 0.383 e. The summed E-state index contributed by atoms with van der Waals surface area (Å²) in [6.07, 6.45) is 5.38. The second-order valence-electron chi connectivity index (χ2n) is 5.35. The Morgan fingerprint density at radius 1 is 1.42 bits per heavy atom. The number of hydrogen-bond donors (Lipinski definition) is 2. The van der Waals surface area contributed by atoms with Gasteiger partial charge in [-0.3, -0.25) is 0 Å². The zero-order chi connectivity index (χ0) is 13.8. The van der Waals surface area contributed by atoms with E-state index < -0.39 is 0 Å². The van der Waals surface area contributed by atoms with Crippen LogP contribution in [-0.4, -0.2) is 27.0 Å². The molecule has 1 saturated carbocycles. The van der Waals surface area contributed by atoms with Crippen molar-refractivity contribution in [2.45, 2.75) is 57.2 Å². The van der Waals surface area contributed by atoms with Gasteiger partial charge in [0.05, 0.1) is 0 Å². The van der Waals surface area contributed by atoms with Crippen LogP contribution in [0.3, 0.4) is 0 Å². The topological polar surface area (TPSA) is 63.8 Å². The van der Waals surface area contributed by atoms with E-state index in [1.54, 1.807) is 6.33 Å². The minimum absolute atomic E-state index is 0.336. The molecule has 0 aliphatic heterocycles. The second-order valence-corrected chi connectivity index (χ2v) is 6.87. The molecule has 1 heterocycles. The van der Waals surface area contributed by atoms with E-state index in [-0.39, 0.29) is 0 Å². The highest BCUT2D eigenvalue weighted by atomic mass is 32.2. The van der Waals surface area contributed by atoms with Crippen molar-refractivity contribution in [3.63, 3.8) is 0 Å². The van der Waals surface area contributed by atoms with E-state index in [0.717, 1.165) is 11.4 Å². The summed E-state index contributed by atoms with van der Waals surface area (Å²) in [7, 11) is 0. The fraction of sp³-hybridized carbons (Fsp3) is 0.714. The minimum Gasteiger partial charge on any atom is -0.383 e. The average molecular weight is 280 g/mol. The van der Waals surface area contributed by atoms with Crippen LogP contribution in [0.15, 0.2) is 6.33 Å². The molecule has 19 heavy (non-hydrogen) atoms. The molecule has 5 heteroatoms. The maximum atomic E-state index is 5.99. The third kappa shape index (κ3) is 3.32. The second kappa shape index (κ2) is 6.46. The summed E-state index contributed by atoms with van der Waals surface area (Å²) in [4.78, 5) is 8.52. The lowest BCUT2D eigenvalue weighted by Crippen LogP contribution is -2.27. The first-order valence-electron chi connectivity index (χ1n) is 7.12. The third-order valence-electron chi connectivity index (χ3n) is 3.65. The van der Waals surface area contributed by atoms with Gasteiger partial charge in [-0.2, -0.15) is 11.8 Å². The standard InChI is InChI=1S/C14H24N4S/c1-4-19-11-7-5-6-10(11)18-14-12(9(2)3)13(15)16-8-17-14/h8-11H,4-7H2,1-3H3,(H3,15,16,17,18). The van der Waals surface area contributed by atoms with Gasteiger partial charge in [0.25, 0.3) is 0 Å². The number of hydrogen-bond acceptors (Lipinski definition) is 5. The molecule has 0 aromatic carbocycles. The Morgan fingerprint density at radius 2 is 2.21 bits per heavy atom. The van der Waals surface area contributed by atoms with Gasteiger partial charge in [0.1, 0.15) is 18.0 Å². The number of nitrogens with one attached hydrogen (secondary N) is 1. The Kier molecular flexibility index (Phi) is 4.91. The number of nitrogen functional groups attached to an aromatic ring is 1. The fourth-order valence-corrected chi connectivity index (χ4v) is 3.97. The number of nitrogens with zero attached hydrogens (tertiary/aromatic N) is 2. The van der Waals surface area contributed by atoms with E-state index in [9.17, 15) is 0 Å². The maximum Gasteiger partial charge on any atom is 0.135 e. The van der Waals surface area contributed by atoms with Gasteiger partial charge in [0.2, 0.25) is 0 Å². The molecule has 0 bridgehead atoms. The summed E-state index contributed by atoms with van der Waals surface area (Å²) in [5.74, 6) is 3.04. The summed E-state index contributed by atoms with van der Waals surface area (Å²) in [6.45, 7) is 6.49. The smallest absolute Gasteiger partial charge is 0.135 e. The molecule has 1 aromatic rings. The lowest BCUT2D eigenvalue weighted by Gasteiger charge is -2.23. The highest BCUT2D eigenvalue weighted by molar-refractivity contribution is 7.99. The molecular weight excluding hydrogens is 256 g/mol. The van der Waals surface area contributed by atoms with E-state index in [2.05, 4.69) is 36.1 Å². The minimum atomic E-state index is 0.336. The van der Waals surface area contributed by atoms with Crippen molar-refractivity contribution >= 4 is 23.4 Å². The Labute approximate surface area is 120 Å². The highest BCUT2D eigenvalue weighted by Crippen LogP contribution is 2.34. The van der Waals surface area contributed by atoms with Gasteiger partial charge in [-0.25, -0.2) is 9.97 Å². The molecule has 0 amide bonds. The average Bonchev–Trinajstić information content (AvgIpc) is 2.77. The van der Waals surface area contributed by atoms with Crippen molar-refractivity contribution in [1.82, 2.24) is 9.97 Å². The molecule has 0 spiro atoms. The molecular formula is C14H24N4S. The van der Waals surface area contributed by atoms with Crippen LogP contribution in [0.2, 0.25) is 0 Å². The first kappa shape index (κ1) is 14.4.